The molecule has 0 bridgehead atoms. The van der Waals surface area contributed by atoms with Gasteiger partial charge in [-0.1, -0.05) is 35.9 Å². The minimum absolute atomic E-state index is 0.203. The van der Waals surface area contributed by atoms with Gasteiger partial charge >= 0.3 is 5.97 Å². The van der Waals surface area contributed by atoms with E-state index in [-0.39, 0.29) is 38.7 Å². The van der Waals surface area contributed by atoms with Crippen LogP contribution in [0.25, 0.3) is 6.08 Å². The highest BCUT2D eigenvalue weighted by Crippen LogP contribution is 2.12. The molecule has 27 heavy (non-hydrogen) atoms. The van der Waals surface area contributed by atoms with Gasteiger partial charge < -0.3 is 9.64 Å². The molecule has 7 nitrogen and oxygen atoms in total. The lowest BCUT2D eigenvalue weighted by molar-refractivity contribution is -0.148. The number of piperazine rings is 1. The third kappa shape index (κ3) is 6.65. The lowest BCUT2D eigenvalue weighted by atomic mass is 10.2. The van der Waals surface area contributed by atoms with Gasteiger partial charge in [-0.2, -0.15) is 4.31 Å². The fourth-order valence-corrected chi connectivity index (χ4v) is 3.68. The van der Waals surface area contributed by atoms with Gasteiger partial charge in [-0.05, 0) is 25.5 Å². The molecule has 0 unspecified atom stereocenters. The van der Waals surface area contributed by atoms with Crippen LogP contribution in [0.15, 0.2) is 47.4 Å². The third-order valence-corrected chi connectivity index (χ3v) is 5.49. The molecule has 1 aromatic rings. The maximum absolute atomic E-state index is 12.4. The Hall–Kier alpha value is -2.45. The van der Waals surface area contributed by atoms with Crippen molar-refractivity contribution in [2.75, 3.05) is 32.8 Å². The largest absolute Gasteiger partial charge is 0.452 e. The standard InChI is InChI=1S/C19H24N2O5S/c1-16(2)14-19(23)26-15-18(22)20-9-11-21(12-10-20)27(24,25)13-8-17-6-4-3-5-7-17/h3-8,13-14H,9-12,15H2,1-2H3/b13-8+. The number of sulfonamides is 1. The topological polar surface area (TPSA) is 84.0 Å². The monoisotopic (exact) mass is 392 g/mol. The Morgan fingerprint density at radius 3 is 2.30 bits per heavy atom. The predicted octanol–water partition coefficient (Wildman–Crippen LogP) is 1.64. The minimum atomic E-state index is -3.55. The van der Waals surface area contributed by atoms with Crippen molar-refractivity contribution in [3.8, 4) is 0 Å². The minimum Gasteiger partial charge on any atom is -0.452 e. The molecule has 1 heterocycles. The summed E-state index contributed by atoms with van der Waals surface area (Å²) in [5.41, 5.74) is 1.59. The van der Waals surface area contributed by atoms with Crippen LogP contribution in [0, 0.1) is 0 Å². The average Bonchev–Trinajstić information content (AvgIpc) is 2.65. The Bertz CT molecular complexity index is 819. The molecular weight excluding hydrogens is 368 g/mol. The first-order chi connectivity index (χ1) is 12.8. The van der Waals surface area contributed by atoms with Crippen LogP contribution in [0.4, 0.5) is 0 Å². The second-order valence-electron chi connectivity index (χ2n) is 6.37. The molecule has 1 amide bonds. The first-order valence-corrected chi connectivity index (χ1v) is 10.1. The van der Waals surface area contributed by atoms with Crippen molar-refractivity contribution in [1.29, 1.82) is 0 Å². The molecule has 146 valence electrons. The molecule has 0 atom stereocenters. The van der Waals surface area contributed by atoms with Gasteiger partial charge in [-0.3, -0.25) is 4.79 Å². The lowest BCUT2D eigenvalue weighted by Gasteiger charge is -2.33. The highest BCUT2D eigenvalue weighted by Gasteiger charge is 2.27. The number of rotatable bonds is 6. The van der Waals surface area contributed by atoms with E-state index in [2.05, 4.69) is 0 Å². The van der Waals surface area contributed by atoms with E-state index in [0.29, 0.717) is 0 Å². The normalized spacial score (nSPS) is 15.6. The SMILES string of the molecule is CC(C)=CC(=O)OCC(=O)N1CCN(S(=O)(=O)/C=C/c2ccccc2)CC1. The Morgan fingerprint density at radius 2 is 1.70 bits per heavy atom. The fourth-order valence-electron chi connectivity index (χ4n) is 2.51. The summed E-state index contributed by atoms with van der Waals surface area (Å²) >= 11 is 0. The number of nitrogens with zero attached hydrogens (tertiary/aromatic N) is 2. The summed E-state index contributed by atoms with van der Waals surface area (Å²) in [5, 5.41) is 1.18. The van der Waals surface area contributed by atoms with Gasteiger partial charge in [0.1, 0.15) is 0 Å². The van der Waals surface area contributed by atoms with E-state index in [9.17, 15) is 18.0 Å². The molecule has 1 aliphatic rings. The van der Waals surface area contributed by atoms with Crippen LogP contribution < -0.4 is 0 Å². The molecule has 0 aliphatic carbocycles. The molecule has 0 N–H and O–H groups in total. The maximum atomic E-state index is 12.4. The summed E-state index contributed by atoms with van der Waals surface area (Å²) in [6.45, 7) is 4.10. The van der Waals surface area contributed by atoms with Gasteiger partial charge in [-0.15, -0.1) is 0 Å². The molecule has 2 rings (SSSR count). The second-order valence-corrected chi connectivity index (χ2v) is 8.19. The third-order valence-electron chi connectivity index (χ3n) is 3.93. The van der Waals surface area contributed by atoms with Crippen molar-refractivity contribution >= 4 is 28.0 Å². The molecule has 0 aromatic heterocycles. The molecule has 1 fully saturated rings. The van der Waals surface area contributed by atoms with Gasteiger partial charge in [0, 0.05) is 37.7 Å². The number of allylic oxidation sites excluding steroid dienone is 1. The molecule has 8 heteroatoms. The van der Waals surface area contributed by atoms with Crippen LogP contribution in [0.5, 0.6) is 0 Å². The summed E-state index contributed by atoms with van der Waals surface area (Å²) in [6, 6.07) is 9.17. The van der Waals surface area contributed by atoms with E-state index in [1.165, 1.54) is 20.7 Å². The average molecular weight is 392 g/mol. The Labute approximate surface area is 160 Å². The molecular formula is C19H24N2O5S. The first kappa shape index (κ1) is 20.9. The van der Waals surface area contributed by atoms with E-state index >= 15 is 0 Å². The van der Waals surface area contributed by atoms with E-state index < -0.39 is 16.0 Å². The van der Waals surface area contributed by atoms with Gasteiger partial charge in [0.2, 0.25) is 10.0 Å². The maximum Gasteiger partial charge on any atom is 0.331 e. The second kappa shape index (κ2) is 9.48. The Morgan fingerprint density at radius 1 is 1.07 bits per heavy atom. The number of esters is 1. The van der Waals surface area contributed by atoms with Crippen molar-refractivity contribution in [2.45, 2.75) is 13.8 Å². The highest BCUT2D eigenvalue weighted by atomic mass is 32.2. The Balaban J connectivity index is 1.85. The summed E-state index contributed by atoms with van der Waals surface area (Å²) in [7, 11) is -3.55. The van der Waals surface area contributed by atoms with E-state index in [0.717, 1.165) is 11.1 Å². The van der Waals surface area contributed by atoms with Crippen molar-refractivity contribution < 1.29 is 22.7 Å². The smallest absolute Gasteiger partial charge is 0.331 e. The predicted molar refractivity (Wildman–Crippen MR) is 103 cm³/mol. The summed E-state index contributed by atoms with van der Waals surface area (Å²) in [5.74, 6) is -0.891. The summed E-state index contributed by atoms with van der Waals surface area (Å²) < 4.78 is 31.1. The number of ether oxygens (including phenoxy) is 1. The number of hydrogen-bond donors (Lipinski definition) is 0. The van der Waals surface area contributed by atoms with E-state index in [1.807, 2.05) is 30.3 Å². The molecule has 0 spiro atoms. The zero-order valence-electron chi connectivity index (χ0n) is 15.5. The summed E-state index contributed by atoms with van der Waals surface area (Å²) in [4.78, 5) is 25.1. The number of carbonyl (C=O) groups is 2. The van der Waals surface area contributed by atoms with Gasteiger partial charge in [0.15, 0.2) is 6.61 Å². The Kier molecular flexibility index (Phi) is 7.32. The van der Waals surface area contributed by atoms with Gasteiger partial charge in [0.25, 0.3) is 5.91 Å². The molecule has 1 aromatic carbocycles. The van der Waals surface area contributed by atoms with E-state index in [1.54, 1.807) is 19.9 Å². The van der Waals surface area contributed by atoms with Crippen LogP contribution in [0.3, 0.4) is 0 Å². The number of benzene rings is 1. The number of amides is 1. The molecule has 0 radical (unpaired) electrons. The van der Waals surface area contributed by atoms with Gasteiger partial charge in [-0.25, -0.2) is 13.2 Å². The van der Waals surface area contributed by atoms with Crippen LogP contribution in [-0.2, 0) is 24.3 Å². The molecule has 1 saturated heterocycles. The quantitative estimate of drug-likeness (QED) is 0.543. The summed E-state index contributed by atoms with van der Waals surface area (Å²) in [6.07, 6.45) is 2.87. The zero-order chi connectivity index (χ0) is 19.9. The highest BCUT2D eigenvalue weighted by molar-refractivity contribution is 7.92. The van der Waals surface area contributed by atoms with Crippen molar-refractivity contribution in [3.05, 3.63) is 53.0 Å². The van der Waals surface area contributed by atoms with Crippen molar-refractivity contribution in [2.24, 2.45) is 0 Å². The fraction of sp³-hybridized carbons (Fsp3) is 0.368. The van der Waals surface area contributed by atoms with Crippen LogP contribution in [0.2, 0.25) is 0 Å². The molecule has 0 saturated carbocycles. The van der Waals surface area contributed by atoms with Crippen LogP contribution in [-0.4, -0.2) is 62.3 Å². The number of hydrogen-bond acceptors (Lipinski definition) is 5. The first-order valence-electron chi connectivity index (χ1n) is 8.60. The van der Waals surface area contributed by atoms with Crippen molar-refractivity contribution in [1.82, 2.24) is 9.21 Å². The van der Waals surface area contributed by atoms with Gasteiger partial charge in [0.05, 0.1) is 0 Å². The number of carbonyl (C=O) groups excluding carboxylic acids is 2. The lowest BCUT2D eigenvalue weighted by Crippen LogP contribution is -2.51. The van der Waals surface area contributed by atoms with E-state index in [4.69, 9.17) is 4.74 Å². The molecule has 1 aliphatic heterocycles. The zero-order valence-corrected chi connectivity index (χ0v) is 16.3. The van der Waals surface area contributed by atoms with Crippen LogP contribution >= 0.6 is 0 Å². The van der Waals surface area contributed by atoms with Crippen molar-refractivity contribution in [3.63, 3.8) is 0 Å². The van der Waals surface area contributed by atoms with Crippen LogP contribution in [0.1, 0.15) is 19.4 Å².